The molecule has 1 nitrogen and oxygen atoms in total. The first-order chi connectivity index (χ1) is 7.77. The Labute approximate surface area is 102 Å². The van der Waals surface area contributed by atoms with Crippen molar-refractivity contribution in [3.63, 3.8) is 0 Å². The van der Waals surface area contributed by atoms with Crippen LogP contribution in [0.5, 0.6) is 0 Å². The van der Waals surface area contributed by atoms with Crippen molar-refractivity contribution < 1.29 is 0 Å². The van der Waals surface area contributed by atoms with Gasteiger partial charge in [0.05, 0.1) is 0 Å². The third-order valence-electron chi connectivity index (χ3n) is 3.88. The maximum Gasteiger partial charge on any atom is 0.00955 e. The second-order valence-corrected chi connectivity index (χ2v) is 5.46. The van der Waals surface area contributed by atoms with Gasteiger partial charge >= 0.3 is 0 Å². The van der Waals surface area contributed by atoms with Crippen LogP contribution in [0.4, 0.5) is 0 Å². The van der Waals surface area contributed by atoms with Gasteiger partial charge in [-0.05, 0) is 56.9 Å². The Balaban J connectivity index is 2.33. The van der Waals surface area contributed by atoms with E-state index in [1.807, 2.05) is 6.08 Å². The first-order valence-corrected chi connectivity index (χ1v) is 7.12. The molecule has 0 spiro atoms. The molecule has 0 amide bonds. The SMILES string of the molecule is C=CCCCC(NCCC)C1CCC(C)C1. The van der Waals surface area contributed by atoms with E-state index in [2.05, 4.69) is 25.7 Å². The van der Waals surface area contributed by atoms with Gasteiger partial charge in [-0.2, -0.15) is 0 Å². The number of rotatable bonds is 8. The van der Waals surface area contributed by atoms with Gasteiger partial charge in [-0.15, -0.1) is 6.58 Å². The minimum absolute atomic E-state index is 0.768. The first kappa shape index (κ1) is 13.8. The second kappa shape index (κ2) is 7.89. The zero-order valence-corrected chi connectivity index (χ0v) is 11.2. The average molecular weight is 223 g/mol. The lowest BCUT2D eigenvalue weighted by Crippen LogP contribution is -2.35. The van der Waals surface area contributed by atoms with Crippen LogP contribution in [0, 0.1) is 11.8 Å². The monoisotopic (exact) mass is 223 g/mol. The summed E-state index contributed by atoms with van der Waals surface area (Å²) in [6, 6.07) is 0.768. The summed E-state index contributed by atoms with van der Waals surface area (Å²) in [7, 11) is 0. The minimum atomic E-state index is 0.768. The van der Waals surface area contributed by atoms with Crippen molar-refractivity contribution in [3.05, 3.63) is 12.7 Å². The van der Waals surface area contributed by atoms with Crippen molar-refractivity contribution in [1.82, 2.24) is 5.32 Å². The van der Waals surface area contributed by atoms with Gasteiger partial charge in [-0.25, -0.2) is 0 Å². The third-order valence-corrected chi connectivity index (χ3v) is 3.88. The molecule has 1 rings (SSSR count). The fourth-order valence-corrected chi connectivity index (χ4v) is 2.93. The van der Waals surface area contributed by atoms with Crippen LogP contribution in [0.1, 0.15) is 58.8 Å². The number of unbranched alkanes of at least 4 members (excludes halogenated alkanes) is 1. The average Bonchev–Trinajstić information content (AvgIpc) is 2.70. The highest BCUT2D eigenvalue weighted by atomic mass is 14.9. The van der Waals surface area contributed by atoms with Crippen molar-refractivity contribution in [2.45, 2.75) is 64.8 Å². The van der Waals surface area contributed by atoms with Crippen LogP contribution in [0.15, 0.2) is 12.7 Å². The molecule has 1 saturated carbocycles. The summed E-state index contributed by atoms with van der Waals surface area (Å²) in [5.74, 6) is 1.89. The Bertz CT molecular complexity index is 188. The summed E-state index contributed by atoms with van der Waals surface area (Å²) in [6.45, 7) is 9.65. The second-order valence-electron chi connectivity index (χ2n) is 5.46. The van der Waals surface area contributed by atoms with Gasteiger partial charge < -0.3 is 5.32 Å². The van der Waals surface area contributed by atoms with E-state index in [-0.39, 0.29) is 0 Å². The van der Waals surface area contributed by atoms with Crippen LogP contribution in [0.2, 0.25) is 0 Å². The summed E-state index contributed by atoms with van der Waals surface area (Å²) in [5.41, 5.74) is 0. The Morgan fingerprint density at radius 1 is 1.44 bits per heavy atom. The van der Waals surface area contributed by atoms with Crippen molar-refractivity contribution in [2.24, 2.45) is 11.8 Å². The van der Waals surface area contributed by atoms with E-state index < -0.39 is 0 Å². The van der Waals surface area contributed by atoms with E-state index in [4.69, 9.17) is 0 Å². The lowest BCUT2D eigenvalue weighted by Gasteiger charge is -2.25. The molecule has 1 heteroatoms. The Hall–Kier alpha value is -0.300. The number of allylic oxidation sites excluding steroid dienone is 1. The van der Waals surface area contributed by atoms with Gasteiger partial charge in [0.25, 0.3) is 0 Å². The molecule has 0 radical (unpaired) electrons. The highest BCUT2D eigenvalue weighted by Crippen LogP contribution is 2.34. The number of hydrogen-bond donors (Lipinski definition) is 1. The van der Waals surface area contributed by atoms with E-state index in [1.54, 1.807) is 0 Å². The third kappa shape index (κ3) is 4.69. The fraction of sp³-hybridized carbons (Fsp3) is 0.867. The lowest BCUT2D eigenvalue weighted by molar-refractivity contribution is 0.328. The predicted molar refractivity (Wildman–Crippen MR) is 72.6 cm³/mol. The number of hydrogen-bond acceptors (Lipinski definition) is 1. The van der Waals surface area contributed by atoms with E-state index in [9.17, 15) is 0 Å². The van der Waals surface area contributed by atoms with E-state index in [0.29, 0.717) is 0 Å². The molecule has 0 aromatic heterocycles. The van der Waals surface area contributed by atoms with Gasteiger partial charge in [-0.1, -0.05) is 26.3 Å². The standard InChI is InChI=1S/C15H29N/c1-4-6-7-8-15(16-11-5-2)14-10-9-13(3)12-14/h4,13-16H,1,5-12H2,2-3H3. The van der Waals surface area contributed by atoms with E-state index in [0.717, 1.165) is 17.9 Å². The largest absolute Gasteiger partial charge is 0.314 e. The van der Waals surface area contributed by atoms with Gasteiger partial charge in [0, 0.05) is 6.04 Å². The maximum atomic E-state index is 3.81. The van der Waals surface area contributed by atoms with Gasteiger partial charge in [0.2, 0.25) is 0 Å². The Morgan fingerprint density at radius 2 is 2.25 bits per heavy atom. The molecule has 1 aliphatic rings. The van der Waals surface area contributed by atoms with Crippen LogP contribution >= 0.6 is 0 Å². The summed E-state index contributed by atoms with van der Waals surface area (Å²) in [5, 5.41) is 3.76. The number of nitrogens with one attached hydrogen (secondary N) is 1. The predicted octanol–water partition coefficient (Wildman–Crippen LogP) is 4.15. The normalized spacial score (nSPS) is 26.9. The Kier molecular flexibility index (Phi) is 6.79. The van der Waals surface area contributed by atoms with E-state index >= 15 is 0 Å². The smallest absolute Gasteiger partial charge is 0.00955 e. The van der Waals surface area contributed by atoms with Crippen LogP contribution in [0.25, 0.3) is 0 Å². The summed E-state index contributed by atoms with van der Waals surface area (Å²) in [6.07, 6.45) is 11.4. The maximum absolute atomic E-state index is 3.81. The summed E-state index contributed by atoms with van der Waals surface area (Å²) in [4.78, 5) is 0. The van der Waals surface area contributed by atoms with Crippen LogP contribution < -0.4 is 5.32 Å². The molecule has 0 aromatic carbocycles. The molecule has 0 bridgehead atoms. The fourth-order valence-electron chi connectivity index (χ4n) is 2.93. The van der Waals surface area contributed by atoms with Gasteiger partial charge in [0.15, 0.2) is 0 Å². The van der Waals surface area contributed by atoms with Crippen molar-refractivity contribution in [3.8, 4) is 0 Å². The molecule has 16 heavy (non-hydrogen) atoms. The highest BCUT2D eigenvalue weighted by Gasteiger charge is 2.27. The van der Waals surface area contributed by atoms with Crippen LogP contribution in [-0.2, 0) is 0 Å². The van der Waals surface area contributed by atoms with Crippen LogP contribution in [0.3, 0.4) is 0 Å². The van der Waals surface area contributed by atoms with Crippen LogP contribution in [-0.4, -0.2) is 12.6 Å². The lowest BCUT2D eigenvalue weighted by atomic mass is 9.92. The molecule has 0 aliphatic heterocycles. The van der Waals surface area contributed by atoms with Crippen molar-refractivity contribution in [1.29, 1.82) is 0 Å². The highest BCUT2D eigenvalue weighted by molar-refractivity contribution is 4.84. The molecule has 3 atom stereocenters. The van der Waals surface area contributed by atoms with Gasteiger partial charge in [-0.3, -0.25) is 0 Å². The first-order valence-electron chi connectivity index (χ1n) is 7.12. The molecule has 94 valence electrons. The molecule has 1 fully saturated rings. The zero-order valence-electron chi connectivity index (χ0n) is 11.2. The molecule has 3 unspecified atom stereocenters. The molecular formula is C15H29N. The van der Waals surface area contributed by atoms with Crippen molar-refractivity contribution in [2.75, 3.05) is 6.54 Å². The molecule has 0 heterocycles. The molecule has 1 N–H and O–H groups in total. The molecule has 0 saturated heterocycles. The van der Waals surface area contributed by atoms with Crippen molar-refractivity contribution >= 4 is 0 Å². The summed E-state index contributed by atoms with van der Waals surface area (Å²) < 4.78 is 0. The molecule has 1 aliphatic carbocycles. The minimum Gasteiger partial charge on any atom is -0.314 e. The summed E-state index contributed by atoms with van der Waals surface area (Å²) >= 11 is 0. The molecule has 0 aromatic rings. The quantitative estimate of drug-likeness (QED) is 0.481. The molecular weight excluding hydrogens is 194 g/mol. The Morgan fingerprint density at radius 3 is 2.81 bits per heavy atom. The zero-order chi connectivity index (χ0) is 11.8. The topological polar surface area (TPSA) is 12.0 Å². The van der Waals surface area contributed by atoms with E-state index in [1.165, 1.54) is 51.5 Å². The van der Waals surface area contributed by atoms with Gasteiger partial charge in [0.1, 0.15) is 0 Å².